The average Bonchev–Trinajstić information content (AvgIpc) is 2.99. The molecule has 46 heavy (non-hydrogen) atoms. The lowest BCUT2D eigenvalue weighted by atomic mass is 9.87. The van der Waals surface area contributed by atoms with E-state index in [0.717, 1.165) is 22.3 Å². The number of unbranched alkanes of at least 4 members (excludes halogenated alkanes) is 1. The molecule has 0 unspecified atom stereocenters. The molecule has 0 aliphatic heterocycles. The van der Waals surface area contributed by atoms with Gasteiger partial charge in [0.2, 0.25) is 17.7 Å². The molecule has 0 radical (unpaired) electrons. The van der Waals surface area contributed by atoms with Crippen LogP contribution >= 0.6 is 0 Å². The van der Waals surface area contributed by atoms with Gasteiger partial charge in [0.05, 0.1) is 6.04 Å². The number of ketones is 1. The minimum Gasteiger partial charge on any atom is -0.508 e. The normalized spacial score (nSPS) is 13.6. The Morgan fingerprint density at radius 2 is 1.48 bits per heavy atom. The second-order valence-electron chi connectivity index (χ2n) is 11.7. The summed E-state index contributed by atoms with van der Waals surface area (Å²) in [7, 11) is 0. The average molecular weight is 639 g/mol. The highest BCUT2D eigenvalue weighted by Crippen LogP contribution is 2.25. The Balaban J connectivity index is 2.30. The van der Waals surface area contributed by atoms with Gasteiger partial charge in [-0.3, -0.25) is 24.2 Å². The molecule has 0 aliphatic rings. The fourth-order valence-electron chi connectivity index (χ4n) is 5.27. The van der Waals surface area contributed by atoms with Gasteiger partial charge in [0.25, 0.3) is 0 Å². The highest BCUT2D eigenvalue weighted by atomic mass is 16.3. The van der Waals surface area contributed by atoms with E-state index in [9.17, 15) is 24.3 Å². The molecule has 0 saturated carbocycles. The number of phenols is 1. The van der Waals surface area contributed by atoms with E-state index >= 15 is 0 Å². The Bertz CT molecular complexity index is 1320. The number of nitrogens with zero attached hydrogens (tertiary/aromatic N) is 1. The predicted octanol–water partition coefficient (Wildman–Crippen LogP) is 0.334. The maximum absolute atomic E-state index is 13.9. The van der Waals surface area contributed by atoms with Gasteiger partial charge in [0.15, 0.2) is 5.96 Å². The molecule has 2 aromatic rings. The molecule has 0 aliphatic carbocycles. The lowest BCUT2D eigenvalue weighted by Crippen LogP contribution is -2.54. The second-order valence-corrected chi connectivity index (χ2v) is 11.7. The van der Waals surface area contributed by atoms with Crippen LogP contribution in [-0.2, 0) is 32.0 Å². The molecule has 0 bridgehead atoms. The number of Topliss-reactive ketones (excluding diaryl/α,β-unsaturated/α-hetero) is 1. The van der Waals surface area contributed by atoms with Crippen molar-refractivity contribution in [3.05, 3.63) is 64.7 Å². The SMILES string of the molecule is Cc1cc(O)cc(C)c1C[C@H](CC(=O)[C@H](N)CCCN=C(N)N)C(=O)N[C@@H](CCCCN)C(=O)N[C@@H](Cc1ccccc1)C(N)=O. The number of hydrogen-bond acceptors (Lipinski definition) is 8. The number of carbonyl (C=O) groups excluding carboxylic acids is 4. The molecule has 2 rings (SSSR count). The molecule has 3 amide bonds. The molecule has 2 aromatic carbocycles. The van der Waals surface area contributed by atoms with Gasteiger partial charge in [-0.05, 0) is 93.3 Å². The number of carbonyl (C=O) groups is 4. The summed E-state index contributed by atoms with van der Waals surface area (Å²) < 4.78 is 0. The molecule has 0 aromatic heterocycles. The van der Waals surface area contributed by atoms with Crippen molar-refractivity contribution in [2.75, 3.05) is 13.1 Å². The smallest absolute Gasteiger partial charge is 0.243 e. The number of guanidine groups is 1. The standard InChI is InChI=1S/C33H50N8O5/c1-20-15-24(42)16-21(2)25(20)18-23(19-29(43)26(35)11-8-14-39-33(37)38)31(45)40-27(12-6-7-13-34)32(46)41-28(30(36)44)17-22-9-4-3-5-10-22/h3-5,9-10,15-16,23,26-28,42H,6-8,11-14,17-19,34-35H2,1-2H3,(H2,36,44)(H,40,45)(H,41,46)(H4,37,38,39)/t23-,26-,27+,28+/m1/s1. The lowest BCUT2D eigenvalue weighted by Gasteiger charge is -2.25. The number of aryl methyl sites for hydroxylation is 2. The molecular formula is C33H50N8O5. The quantitative estimate of drug-likeness (QED) is 0.0564. The molecule has 0 saturated heterocycles. The summed E-state index contributed by atoms with van der Waals surface area (Å²) >= 11 is 0. The fourth-order valence-corrected chi connectivity index (χ4v) is 5.27. The van der Waals surface area contributed by atoms with E-state index in [1.165, 1.54) is 0 Å². The van der Waals surface area contributed by atoms with Crippen molar-refractivity contribution in [3.63, 3.8) is 0 Å². The van der Waals surface area contributed by atoms with E-state index in [4.69, 9.17) is 28.7 Å². The summed E-state index contributed by atoms with van der Waals surface area (Å²) in [6.07, 6.45) is 2.39. The van der Waals surface area contributed by atoms with Crippen LogP contribution in [0.4, 0.5) is 0 Å². The van der Waals surface area contributed by atoms with E-state index in [2.05, 4.69) is 15.6 Å². The zero-order valence-electron chi connectivity index (χ0n) is 26.8. The van der Waals surface area contributed by atoms with Gasteiger partial charge < -0.3 is 44.4 Å². The fraction of sp³-hybridized carbons (Fsp3) is 0.485. The largest absolute Gasteiger partial charge is 0.508 e. The van der Waals surface area contributed by atoms with Crippen molar-refractivity contribution in [2.24, 2.45) is 39.6 Å². The Hall–Kier alpha value is -4.49. The van der Waals surface area contributed by atoms with Crippen molar-refractivity contribution >= 4 is 29.5 Å². The molecule has 13 nitrogen and oxygen atoms in total. The zero-order chi connectivity index (χ0) is 34.2. The summed E-state index contributed by atoms with van der Waals surface area (Å²) in [5, 5.41) is 15.6. The number of amides is 3. The Morgan fingerprint density at radius 1 is 0.848 bits per heavy atom. The first-order valence-corrected chi connectivity index (χ1v) is 15.6. The van der Waals surface area contributed by atoms with E-state index in [-0.39, 0.29) is 43.2 Å². The third kappa shape index (κ3) is 12.9. The van der Waals surface area contributed by atoms with Crippen LogP contribution in [0.25, 0.3) is 0 Å². The third-order valence-corrected chi connectivity index (χ3v) is 7.85. The predicted molar refractivity (Wildman–Crippen MR) is 178 cm³/mol. The van der Waals surface area contributed by atoms with Gasteiger partial charge in [-0.25, -0.2) is 0 Å². The van der Waals surface area contributed by atoms with Gasteiger partial charge in [-0.15, -0.1) is 0 Å². The minimum absolute atomic E-state index is 0.0523. The van der Waals surface area contributed by atoms with Gasteiger partial charge in [-0.1, -0.05) is 30.3 Å². The molecule has 13 N–H and O–H groups in total. The van der Waals surface area contributed by atoms with Crippen LogP contribution in [0.3, 0.4) is 0 Å². The number of benzene rings is 2. The maximum Gasteiger partial charge on any atom is 0.243 e. The summed E-state index contributed by atoms with van der Waals surface area (Å²) in [5.74, 6) is -2.94. The molecule has 0 fully saturated rings. The van der Waals surface area contributed by atoms with E-state index in [1.807, 2.05) is 44.2 Å². The molecule has 4 atom stereocenters. The van der Waals surface area contributed by atoms with E-state index in [0.29, 0.717) is 38.8 Å². The van der Waals surface area contributed by atoms with Crippen molar-refractivity contribution in [3.8, 4) is 5.75 Å². The second kappa shape index (κ2) is 19.1. The number of nitrogens with one attached hydrogen (secondary N) is 2. The van der Waals surface area contributed by atoms with Crippen LogP contribution < -0.4 is 39.3 Å². The van der Waals surface area contributed by atoms with Crippen LogP contribution in [0.5, 0.6) is 5.75 Å². The Morgan fingerprint density at radius 3 is 2.07 bits per heavy atom. The topological polar surface area (TPSA) is 255 Å². The van der Waals surface area contributed by atoms with Gasteiger partial charge in [-0.2, -0.15) is 0 Å². The molecule has 0 heterocycles. The highest BCUT2D eigenvalue weighted by Gasteiger charge is 2.31. The van der Waals surface area contributed by atoms with Crippen LogP contribution in [-0.4, -0.2) is 65.8 Å². The number of nitrogens with two attached hydrogens (primary N) is 5. The molecule has 0 spiro atoms. The number of rotatable bonds is 20. The minimum atomic E-state index is -1.01. The Kier molecular flexibility index (Phi) is 15.7. The van der Waals surface area contributed by atoms with Crippen LogP contribution in [0, 0.1) is 19.8 Å². The third-order valence-electron chi connectivity index (χ3n) is 7.85. The Labute approximate surface area is 270 Å². The number of aliphatic imine (C=N–C) groups is 1. The molecule has 13 heteroatoms. The first-order valence-electron chi connectivity index (χ1n) is 15.6. The zero-order valence-corrected chi connectivity index (χ0v) is 26.8. The highest BCUT2D eigenvalue weighted by molar-refractivity contribution is 5.94. The van der Waals surface area contributed by atoms with E-state index in [1.54, 1.807) is 12.1 Å². The summed E-state index contributed by atoms with van der Waals surface area (Å²) in [6.45, 7) is 4.34. The lowest BCUT2D eigenvalue weighted by molar-refractivity contribution is -0.134. The number of phenolic OH excluding ortho intramolecular Hbond substituents is 1. The van der Waals surface area contributed by atoms with Crippen molar-refractivity contribution in [1.29, 1.82) is 0 Å². The maximum atomic E-state index is 13.9. The van der Waals surface area contributed by atoms with Crippen molar-refractivity contribution in [1.82, 2.24) is 10.6 Å². The van der Waals surface area contributed by atoms with Gasteiger partial charge in [0.1, 0.15) is 23.6 Å². The summed E-state index contributed by atoms with van der Waals surface area (Å²) in [5.41, 5.74) is 31.3. The number of aromatic hydroxyl groups is 1. The summed E-state index contributed by atoms with van der Waals surface area (Å²) in [4.78, 5) is 56.8. The van der Waals surface area contributed by atoms with Crippen LogP contribution in [0.2, 0.25) is 0 Å². The summed E-state index contributed by atoms with van der Waals surface area (Å²) in [6, 6.07) is 9.45. The molecule has 252 valence electrons. The van der Waals surface area contributed by atoms with Crippen molar-refractivity contribution < 1.29 is 24.3 Å². The van der Waals surface area contributed by atoms with E-state index < -0.39 is 41.8 Å². The van der Waals surface area contributed by atoms with Crippen LogP contribution in [0.1, 0.15) is 60.8 Å². The first kappa shape index (κ1) is 37.7. The first-order chi connectivity index (χ1) is 21.8. The number of primary amides is 1. The molecular weight excluding hydrogens is 588 g/mol. The van der Waals surface area contributed by atoms with Crippen LogP contribution in [0.15, 0.2) is 47.5 Å². The monoisotopic (exact) mass is 638 g/mol. The number of hydrogen-bond donors (Lipinski definition) is 8. The van der Waals surface area contributed by atoms with Crippen molar-refractivity contribution in [2.45, 2.75) is 83.3 Å². The van der Waals surface area contributed by atoms with Gasteiger partial charge >= 0.3 is 0 Å². The van der Waals surface area contributed by atoms with Gasteiger partial charge in [0, 0.05) is 25.3 Å².